The number of halogens is 1. The Labute approximate surface area is 127 Å². The van der Waals surface area contributed by atoms with E-state index in [4.69, 9.17) is 11.6 Å². The minimum atomic E-state index is -3.81. The molecule has 1 aliphatic rings. The average molecular weight is 334 g/mol. The average Bonchev–Trinajstić information content (AvgIpc) is 2.40. The Morgan fingerprint density at radius 2 is 2.19 bits per heavy atom. The highest BCUT2D eigenvalue weighted by Gasteiger charge is 2.28. The van der Waals surface area contributed by atoms with Gasteiger partial charge in [0.25, 0.3) is 5.69 Å². The summed E-state index contributed by atoms with van der Waals surface area (Å²) in [5.74, 6) is 0. The summed E-state index contributed by atoms with van der Waals surface area (Å²) in [6, 6.07) is 3.12. The maximum Gasteiger partial charge on any atom is 0.271 e. The van der Waals surface area contributed by atoms with Crippen LogP contribution in [0.1, 0.15) is 19.8 Å². The van der Waals surface area contributed by atoms with Gasteiger partial charge in [-0.3, -0.25) is 10.1 Å². The molecule has 2 atom stereocenters. The molecule has 2 unspecified atom stereocenters. The van der Waals surface area contributed by atoms with Crippen molar-refractivity contribution in [1.82, 2.24) is 10.0 Å². The van der Waals surface area contributed by atoms with E-state index in [0.29, 0.717) is 0 Å². The molecule has 21 heavy (non-hydrogen) atoms. The van der Waals surface area contributed by atoms with Gasteiger partial charge in [-0.25, -0.2) is 13.1 Å². The molecule has 0 bridgehead atoms. The van der Waals surface area contributed by atoms with Gasteiger partial charge in [0.2, 0.25) is 10.0 Å². The number of nitrogens with one attached hydrogen (secondary N) is 2. The summed E-state index contributed by atoms with van der Waals surface area (Å²) in [5, 5.41) is 13.7. The molecule has 1 aromatic rings. The Balaban J connectivity index is 2.25. The first-order chi connectivity index (χ1) is 9.81. The quantitative estimate of drug-likeness (QED) is 0.644. The second-order valence-electron chi connectivity index (χ2n) is 4.98. The second kappa shape index (κ2) is 6.27. The van der Waals surface area contributed by atoms with Crippen molar-refractivity contribution < 1.29 is 13.3 Å². The standard InChI is InChI=1S/C12H16ClN3O4S/c1-8-11(3-2-6-14-8)15-21(19,20)12-5-4-9(16(17)18)7-10(12)13/h4-5,7-8,11,14-15H,2-3,6H2,1H3. The molecule has 1 saturated heterocycles. The van der Waals surface area contributed by atoms with Crippen molar-refractivity contribution in [2.75, 3.05) is 6.54 Å². The van der Waals surface area contributed by atoms with Crippen molar-refractivity contribution in [2.45, 2.75) is 36.7 Å². The minimum Gasteiger partial charge on any atom is -0.313 e. The van der Waals surface area contributed by atoms with E-state index in [1.54, 1.807) is 0 Å². The monoisotopic (exact) mass is 333 g/mol. The Morgan fingerprint density at radius 1 is 1.48 bits per heavy atom. The van der Waals surface area contributed by atoms with E-state index in [-0.39, 0.29) is 27.7 Å². The fourth-order valence-electron chi connectivity index (χ4n) is 2.29. The third-order valence-electron chi connectivity index (χ3n) is 3.48. The van der Waals surface area contributed by atoms with Crippen molar-refractivity contribution in [3.8, 4) is 0 Å². The zero-order valence-corrected chi connectivity index (χ0v) is 12.9. The van der Waals surface area contributed by atoms with Crippen LogP contribution in [0.15, 0.2) is 23.1 Å². The maximum absolute atomic E-state index is 12.4. The van der Waals surface area contributed by atoms with Crippen molar-refractivity contribution in [1.29, 1.82) is 0 Å². The van der Waals surface area contributed by atoms with Gasteiger partial charge in [-0.05, 0) is 32.4 Å². The van der Waals surface area contributed by atoms with Crippen LogP contribution in [0.25, 0.3) is 0 Å². The van der Waals surface area contributed by atoms with Crippen LogP contribution < -0.4 is 10.0 Å². The molecule has 7 nitrogen and oxygen atoms in total. The lowest BCUT2D eigenvalue weighted by Gasteiger charge is -2.30. The normalized spacial score (nSPS) is 23.0. The molecule has 0 aromatic heterocycles. The Morgan fingerprint density at radius 3 is 2.76 bits per heavy atom. The topological polar surface area (TPSA) is 101 Å². The molecule has 0 radical (unpaired) electrons. The summed E-state index contributed by atoms with van der Waals surface area (Å²) < 4.78 is 27.3. The molecular formula is C12H16ClN3O4S. The third-order valence-corrected chi connectivity index (χ3v) is 5.46. The molecule has 0 spiro atoms. The van der Waals surface area contributed by atoms with Crippen LogP contribution in [0, 0.1) is 10.1 Å². The number of hydrogen-bond acceptors (Lipinski definition) is 5. The first-order valence-corrected chi connectivity index (χ1v) is 8.37. The number of rotatable bonds is 4. The van der Waals surface area contributed by atoms with Gasteiger partial charge in [0, 0.05) is 24.2 Å². The van der Waals surface area contributed by atoms with Crippen LogP contribution in [0.3, 0.4) is 0 Å². The van der Waals surface area contributed by atoms with Crippen LogP contribution in [-0.4, -0.2) is 32.0 Å². The molecule has 0 saturated carbocycles. The Bertz CT molecular complexity index is 650. The highest BCUT2D eigenvalue weighted by Crippen LogP contribution is 2.26. The zero-order valence-electron chi connectivity index (χ0n) is 11.4. The first-order valence-electron chi connectivity index (χ1n) is 6.51. The predicted molar refractivity (Wildman–Crippen MR) is 78.9 cm³/mol. The van der Waals surface area contributed by atoms with Crippen molar-refractivity contribution in [3.05, 3.63) is 33.3 Å². The van der Waals surface area contributed by atoms with Gasteiger partial charge in [-0.1, -0.05) is 11.6 Å². The van der Waals surface area contributed by atoms with Crippen molar-refractivity contribution in [3.63, 3.8) is 0 Å². The van der Waals surface area contributed by atoms with E-state index in [1.165, 1.54) is 0 Å². The van der Waals surface area contributed by atoms with Gasteiger partial charge in [-0.2, -0.15) is 0 Å². The van der Waals surface area contributed by atoms with E-state index in [2.05, 4.69) is 10.0 Å². The highest BCUT2D eigenvalue weighted by atomic mass is 35.5. The molecule has 1 aliphatic heterocycles. The largest absolute Gasteiger partial charge is 0.313 e. The van der Waals surface area contributed by atoms with E-state index in [1.807, 2.05) is 6.92 Å². The van der Waals surface area contributed by atoms with Crippen LogP contribution in [0.4, 0.5) is 5.69 Å². The number of nitro benzene ring substituents is 1. The number of hydrogen-bond donors (Lipinski definition) is 2. The van der Waals surface area contributed by atoms with Crippen molar-refractivity contribution in [2.24, 2.45) is 0 Å². The third kappa shape index (κ3) is 3.70. The summed E-state index contributed by atoms with van der Waals surface area (Å²) in [5.41, 5.74) is -0.244. The fraction of sp³-hybridized carbons (Fsp3) is 0.500. The molecule has 9 heteroatoms. The first kappa shape index (κ1) is 16.2. The SMILES string of the molecule is CC1NCCCC1NS(=O)(=O)c1ccc([N+](=O)[O-])cc1Cl. The van der Waals surface area contributed by atoms with Crippen LogP contribution >= 0.6 is 11.6 Å². The second-order valence-corrected chi connectivity index (χ2v) is 7.07. The molecule has 2 rings (SSSR count). The molecule has 0 aliphatic carbocycles. The molecule has 1 fully saturated rings. The lowest BCUT2D eigenvalue weighted by molar-refractivity contribution is -0.384. The van der Waals surface area contributed by atoms with E-state index in [9.17, 15) is 18.5 Å². The minimum absolute atomic E-state index is 0.0188. The van der Waals surface area contributed by atoms with Gasteiger partial charge in [0.15, 0.2) is 0 Å². The van der Waals surface area contributed by atoms with Crippen LogP contribution in [-0.2, 0) is 10.0 Å². The molecule has 2 N–H and O–H groups in total. The molecule has 0 amide bonds. The smallest absolute Gasteiger partial charge is 0.271 e. The lowest BCUT2D eigenvalue weighted by Crippen LogP contribution is -2.51. The summed E-state index contributed by atoms with van der Waals surface area (Å²) >= 11 is 5.87. The highest BCUT2D eigenvalue weighted by molar-refractivity contribution is 7.89. The van der Waals surface area contributed by atoms with Gasteiger partial charge >= 0.3 is 0 Å². The van der Waals surface area contributed by atoms with Crippen LogP contribution in [0.2, 0.25) is 5.02 Å². The van der Waals surface area contributed by atoms with Gasteiger partial charge < -0.3 is 5.32 Å². The number of nitro groups is 1. The summed E-state index contributed by atoms with van der Waals surface area (Å²) in [6.45, 7) is 2.77. The number of nitrogens with zero attached hydrogens (tertiary/aromatic N) is 1. The number of piperidine rings is 1. The number of benzene rings is 1. The molecule has 1 aromatic carbocycles. The molecule has 116 valence electrons. The van der Waals surface area contributed by atoms with Gasteiger partial charge in [0.05, 0.1) is 9.95 Å². The van der Waals surface area contributed by atoms with E-state index in [0.717, 1.165) is 37.6 Å². The fourth-order valence-corrected chi connectivity index (χ4v) is 4.18. The number of non-ortho nitro benzene ring substituents is 1. The van der Waals surface area contributed by atoms with E-state index < -0.39 is 14.9 Å². The Hall–Kier alpha value is -1.22. The van der Waals surface area contributed by atoms with E-state index >= 15 is 0 Å². The lowest BCUT2D eigenvalue weighted by atomic mass is 10.0. The zero-order chi connectivity index (χ0) is 15.6. The molecular weight excluding hydrogens is 318 g/mol. The summed E-state index contributed by atoms with van der Waals surface area (Å²) in [4.78, 5) is 9.88. The summed E-state index contributed by atoms with van der Waals surface area (Å²) in [6.07, 6.45) is 1.61. The number of sulfonamides is 1. The van der Waals surface area contributed by atoms with Gasteiger partial charge in [-0.15, -0.1) is 0 Å². The van der Waals surface area contributed by atoms with Crippen LogP contribution in [0.5, 0.6) is 0 Å². The predicted octanol–water partition coefficient (Wildman–Crippen LogP) is 1.67. The van der Waals surface area contributed by atoms with Gasteiger partial charge in [0.1, 0.15) is 4.90 Å². The maximum atomic E-state index is 12.4. The molecule has 1 heterocycles. The summed E-state index contributed by atoms with van der Waals surface area (Å²) in [7, 11) is -3.81. The Kier molecular flexibility index (Phi) is 4.82. The van der Waals surface area contributed by atoms with Crippen molar-refractivity contribution >= 4 is 27.3 Å².